The number of esters is 1. The second-order valence-electron chi connectivity index (χ2n) is 5.38. The van der Waals surface area contributed by atoms with Gasteiger partial charge < -0.3 is 14.8 Å². The third kappa shape index (κ3) is 3.17. The van der Waals surface area contributed by atoms with Crippen LogP contribution in [0, 0.1) is 0 Å². The molecule has 0 bridgehead atoms. The van der Waals surface area contributed by atoms with Crippen molar-refractivity contribution < 1.29 is 19.4 Å². The van der Waals surface area contributed by atoms with Gasteiger partial charge in [-0.2, -0.15) is 0 Å². The summed E-state index contributed by atoms with van der Waals surface area (Å²) in [6, 6.07) is 17.5. The standard InChI is InChI=1S/C20H17NO4/c1-2-25-20(24)15-16(18(22)14-11-7-4-8-12-14)19(23)21-17(15)13-9-5-3-6-10-13/h3-12,21,23H,2H2,1H3. The van der Waals surface area contributed by atoms with E-state index in [-0.39, 0.29) is 23.6 Å². The second kappa shape index (κ2) is 7.05. The SMILES string of the molecule is CCOC(=O)c1c(-c2ccccc2)[nH]c(O)c1C(=O)c1ccccc1. The van der Waals surface area contributed by atoms with Crippen molar-refractivity contribution in [1.29, 1.82) is 0 Å². The Morgan fingerprint density at radius 1 is 0.960 bits per heavy atom. The van der Waals surface area contributed by atoms with Gasteiger partial charge in [0.1, 0.15) is 5.56 Å². The van der Waals surface area contributed by atoms with Crippen LogP contribution in [-0.4, -0.2) is 28.4 Å². The van der Waals surface area contributed by atoms with Gasteiger partial charge in [0.2, 0.25) is 5.88 Å². The van der Waals surface area contributed by atoms with E-state index in [4.69, 9.17) is 4.74 Å². The third-order valence-electron chi connectivity index (χ3n) is 3.79. The molecule has 0 aliphatic carbocycles. The summed E-state index contributed by atoms with van der Waals surface area (Å²) < 4.78 is 5.11. The molecule has 2 N–H and O–H groups in total. The molecule has 5 heteroatoms. The lowest BCUT2D eigenvalue weighted by molar-refractivity contribution is 0.0524. The number of carbonyl (C=O) groups excluding carboxylic acids is 2. The molecule has 25 heavy (non-hydrogen) atoms. The molecular formula is C20H17NO4. The largest absolute Gasteiger partial charge is 0.494 e. The monoisotopic (exact) mass is 335 g/mol. The first-order valence-corrected chi connectivity index (χ1v) is 7.90. The van der Waals surface area contributed by atoms with Gasteiger partial charge in [0.15, 0.2) is 5.78 Å². The minimum absolute atomic E-state index is 0.0411. The minimum atomic E-state index is -0.655. The summed E-state index contributed by atoms with van der Waals surface area (Å²) in [5.74, 6) is -1.45. The van der Waals surface area contributed by atoms with Crippen molar-refractivity contribution in [2.24, 2.45) is 0 Å². The van der Waals surface area contributed by atoms with Crippen LogP contribution in [0.4, 0.5) is 0 Å². The molecule has 1 aromatic heterocycles. The van der Waals surface area contributed by atoms with Crippen LogP contribution >= 0.6 is 0 Å². The molecule has 0 spiro atoms. The molecule has 0 saturated heterocycles. The summed E-state index contributed by atoms with van der Waals surface area (Å²) in [5, 5.41) is 10.3. The van der Waals surface area contributed by atoms with E-state index in [9.17, 15) is 14.7 Å². The summed E-state index contributed by atoms with van der Waals surface area (Å²) in [7, 11) is 0. The van der Waals surface area contributed by atoms with Gasteiger partial charge in [0.05, 0.1) is 17.9 Å². The summed E-state index contributed by atoms with van der Waals surface area (Å²) in [6.07, 6.45) is 0. The van der Waals surface area contributed by atoms with Crippen LogP contribution in [0.1, 0.15) is 33.2 Å². The quantitative estimate of drug-likeness (QED) is 0.549. The molecule has 0 saturated carbocycles. The zero-order chi connectivity index (χ0) is 17.8. The average molecular weight is 335 g/mol. The van der Waals surface area contributed by atoms with Gasteiger partial charge in [-0.3, -0.25) is 4.79 Å². The second-order valence-corrected chi connectivity index (χ2v) is 5.38. The number of carbonyl (C=O) groups is 2. The fourth-order valence-corrected chi connectivity index (χ4v) is 2.67. The van der Waals surface area contributed by atoms with E-state index in [1.54, 1.807) is 61.5 Å². The maximum atomic E-state index is 12.9. The zero-order valence-corrected chi connectivity index (χ0v) is 13.7. The molecule has 0 fully saturated rings. The fraction of sp³-hybridized carbons (Fsp3) is 0.100. The number of rotatable bonds is 5. The molecular weight excluding hydrogens is 318 g/mol. The highest BCUT2D eigenvalue weighted by Crippen LogP contribution is 2.34. The fourth-order valence-electron chi connectivity index (χ4n) is 2.67. The Morgan fingerprint density at radius 3 is 2.16 bits per heavy atom. The van der Waals surface area contributed by atoms with Crippen molar-refractivity contribution in [1.82, 2.24) is 4.98 Å². The summed E-state index contributed by atoms with van der Waals surface area (Å²) in [4.78, 5) is 28.1. The summed E-state index contributed by atoms with van der Waals surface area (Å²) >= 11 is 0. The van der Waals surface area contributed by atoms with Gasteiger partial charge in [-0.05, 0) is 12.5 Å². The zero-order valence-electron chi connectivity index (χ0n) is 13.7. The maximum Gasteiger partial charge on any atom is 0.341 e. The molecule has 0 radical (unpaired) electrons. The molecule has 0 unspecified atom stereocenters. The van der Waals surface area contributed by atoms with Gasteiger partial charge in [-0.15, -0.1) is 0 Å². The highest BCUT2D eigenvalue weighted by Gasteiger charge is 2.30. The predicted molar refractivity (Wildman–Crippen MR) is 93.7 cm³/mol. The molecule has 3 aromatic rings. The normalized spacial score (nSPS) is 10.4. The van der Waals surface area contributed by atoms with E-state index in [0.29, 0.717) is 16.8 Å². The molecule has 0 aliphatic rings. The van der Waals surface area contributed by atoms with Gasteiger partial charge in [0, 0.05) is 5.56 Å². The van der Waals surface area contributed by atoms with Gasteiger partial charge in [-0.1, -0.05) is 60.7 Å². The Balaban J connectivity index is 2.20. The van der Waals surface area contributed by atoms with E-state index < -0.39 is 11.8 Å². The first-order chi connectivity index (χ1) is 12.1. The van der Waals surface area contributed by atoms with Crippen molar-refractivity contribution in [3.05, 3.63) is 77.4 Å². The number of nitrogens with one attached hydrogen (secondary N) is 1. The molecule has 126 valence electrons. The lowest BCUT2D eigenvalue weighted by atomic mass is 9.98. The molecule has 0 aliphatic heterocycles. The van der Waals surface area contributed by atoms with Crippen LogP contribution < -0.4 is 0 Å². The van der Waals surface area contributed by atoms with E-state index >= 15 is 0 Å². The van der Waals surface area contributed by atoms with Crippen molar-refractivity contribution >= 4 is 11.8 Å². The lowest BCUT2D eigenvalue weighted by Crippen LogP contribution is -2.12. The van der Waals surface area contributed by atoms with Crippen LogP contribution in [0.5, 0.6) is 5.88 Å². The number of hydrogen-bond donors (Lipinski definition) is 2. The number of hydrogen-bond acceptors (Lipinski definition) is 4. The Hall–Kier alpha value is -3.34. The van der Waals surface area contributed by atoms with Crippen molar-refractivity contribution in [2.75, 3.05) is 6.61 Å². The highest BCUT2D eigenvalue weighted by atomic mass is 16.5. The van der Waals surface area contributed by atoms with Crippen molar-refractivity contribution in [3.8, 4) is 17.1 Å². The summed E-state index contributed by atoms with van der Waals surface area (Å²) in [6.45, 7) is 1.85. The number of aromatic hydroxyl groups is 1. The smallest absolute Gasteiger partial charge is 0.341 e. The predicted octanol–water partition coefficient (Wildman–Crippen LogP) is 3.80. The maximum absolute atomic E-state index is 12.9. The van der Waals surface area contributed by atoms with Gasteiger partial charge in [0.25, 0.3) is 0 Å². The van der Waals surface area contributed by atoms with Gasteiger partial charge >= 0.3 is 5.97 Å². The number of aromatic amines is 1. The van der Waals surface area contributed by atoms with E-state index in [1.165, 1.54) is 0 Å². The number of benzene rings is 2. The highest BCUT2D eigenvalue weighted by molar-refractivity contribution is 6.18. The van der Waals surface area contributed by atoms with Crippen LogP contribution in [0.2, 0.25) is 0 Å². The minimum Gasteiger partial charge on any atom is -0.494 e. The van der Waals surface area contributed by atoms with Crippen LogP contribution in [0.3, 0.4) is 0 Å². The Kier molecular flexibility index (Phi) is 4.66. The van der Waals surface area contributed by atoms with Gasteiger partial charge in [-0.25, -0.2) is 4.79 Å². The Morgan fingerprint density at radius 2 is 1.56 bits per heavy atom. The number of H-pyrrole nitrogens is 1. The lowest BCUT2D eigenvalue weighted by Gasteiger charge is -2.07. The molecule has 5 nitrogen and oxygen atoms in total. The average Bonchev–Trinajstić information content (AvgIpc) is 3.00. The number of aromatic nitrogens is 1. The molecule has 1 heterocycles. The summed E-state index contributed by atoms with van der Waals surface area (Å²) in [5.41, 5.74) is 1.37. The first-order valence-electron chi connectivity index (χ1n) is 7.90. The van der Waals surface area contributed by atoms with E-state index in [0.717, 1.165) is 0 Å². The molecule has 0 amide bonds. The first kappa shape index (κ1) is 16.5. The van der Waals surface area contributed by atoms with Crippen molar-refractivity contribution in [3.63, 3.8) is 0 Å². The molecule has 0 atom stereocenters. The topological polar surface area (TPSA) is 79.4 Å². The number of ketones is 1. The van der Waals surface area contributed by atoms with E-state index in [1.807, 2.05) is 6.07 Å². The van der Waals surface area contributed by atoms with Crippen molar-refractivity contribution in [2.45, 2.75) is 6.92 Å². The Labute approximate surface area is 144 Å². The van der Waals surface area contributed by atoms with Crippen LogP contribution in [-0.2, 0) is 4.74 Å². The molecule has 3 rings (SSSR count). The molecule has 2 aromatic carbocycles. The van der Waals surface area contributed by atoms with Crippen LogP contribution in [0.25, 0.3) is 11.3 Å². The number of ether oxygens (including phenoxy) is 1. The third-order valence-corrected chi connectivity index (χ3v) is 3.79. The van der Waals surface area contributed by atoms with Crippen LogP contribution in [0.15, 0.2) is 60.7 Å². The Bertz CT molecular complexity index is 898. The van der Waals surface area contributed by atoms with E-state index in [2.05, 4.69) is 4.98 Å².